The van der Waals surface area contributed by atoms with Crippen molar-refractivity contribution in [3.63, 3.8) is 0 Å². The van der Waals surface area contributed by atoms with E-state index in [1.807, 2.05) is 20.8 Å². The van der Waals surface area contributed by atoms with Crippen LogP contribution in [0.5, 0.6) is 28.7 Å². The number of rotatable bonds is 5. The summed E-state index contributed by atoms with van der Waals surface area (Å²) in [6.07, 6.45) is 0.540. The minimum Gasteiger partial charge on any atom is -0.507 e. The van der Waals surface area contributed by atoms with Crippen LogP contribution in [0.3, 0.4) is 0 Å². The summed E-state index contributed by atoms with van der Waals surface area (Å²) in [4.78, 5) is 12.9. The lowest BCUT2D eigenvalue weighted by molar-refractivity contribution is -0.123. The molecule has 1 aliphatic heterocycles. The Hall–Kier alpha value is -3.09. The second-order valence-electron chi connectivity index (χ2n) is 7.08. The Balaban J connectivity index is 1.85. The van der Waals surface area contributed by atoms with Crippen LogP contribution in [0.1, 0.15) is 28.7 Å². The number of anilines is 1. The average molecular weight is 401 g/mol. The first kappa shape index (κ1) is 20.6. The molecule has 2 aromatic rings. The van der Waals surface area contributed by atoms with Gasteiger partial charge in [-0.2, -0.15) is 0 Å². The van der Waals surface area contributed by atoms with Gasteiger partial charge in [-0.3, -0.25) is 4.79 Å². The van der Waals surface area contributed by atoms with Crippen LogP contribution in [0, 0.1) is 20.8 Å². The van der Waals surface area contributed by atoms with Gasteiger partial charge in [-0.1, -0.05) is 0 Å². The second-order valence-corrected chi connectivity index (χ2v) is 7.08. The quantitative estimate of drug-likeness (QED) is 0.795. The van der Waals surface area contributed by atoms with Crippen LogP contribution < -0.4 is 24.3 Å². The number of carbonyl (C=O) groups is 1. The summed E-state index contributed by atoms with van der Waals surface area (Å²) in [6, 6.07) is 3.35. The molecule has 1 heterocycles. The Labute approximate surface area is 170 Å². The fraction of sp³-hybridized carbons (Fsp3) is 0.409. The predicted molar refractivity (Wildman–Crippen MR) is 110 cm³/mol. The predicted octanol–water partition coefficient (Wildman–Crippen LogP) is 3.68. The molecule has 0 saturated carbocycles. The number of hydrogen-bond acceptors (Lipinski definition) is 6. The monoisotopic (exact) mass is 401 g/mol. The fourth-order valence-electron chi connectivity index (χ4n) is 3.67. The fourth-order valence-corrected chi connectivity index (χ4v) is 3.67. The maximum atomic E-state index is 12.9. The molecule has 1 atom stereocenters. The summed E-state index contributed by atoms with van der Waals surface area (Å²) in [5.74, 6) is 2.09. The molecular formula is C22H27NO6. The topological polar surface area (TPSA) is 86.3 Å². The lowest BCUT2D eigenvalue weighted by Gasteiger charge is -2.29. The third-order valence-electron chi connectivity index (χ3n) is 5.48. The van der Waals surface area contributed by atoms with Crippen LogP contribution in [0.25, 0.3) is 0 Å². The van der Waals surface area contributed by atoms with Crippen LogP contribution in [-0.4, -0.2) is 38.4 Å². The second kappa shape index (κ2) is 8.11. The number of phenols is 1. The molecule has 1 aliphatic rings. The number of methoxy groups -OCH3 is 3. The van der Waals surface area contributed by atoms with E-state index in [9.17, 15) is 9.90 Å². The van der Waals surface area contributed by atoms with E-state index in [0.29, 0.717) is 47.3 Å². The zero-order chi connectivity index (χ0) is 21.3. The molecule has 0 saturated heterocycles. The molecule has 0 bridgehead atoms. The third-order valence-corrected chi connectivity index (χ3v) is 5.48. The first-order chi connectivity index (χ1) is 13.8. The Kier molecular flexibility index (Phi) is 5.77. The maximum absolute atomic E-state index is 12.9. The largest absolute Gasteiger partial charge is 0.507 e. The number of aromatic hydroxyl groups is 1. The molecule has 7 heteroatoms. The Morgan fingerprint density at radius 3 is 2.21 bits per heavy atom. The molecule has 156 valence electrons. The molecule has 0 aliphatic carbocycles. The summed E-state index contributed by atoms with van der Waals surface area (Å²) in [6.45, 7) is 5.62. The normalized spacial score (nSPS) is 15.2. The van der Waals surface area contributed by atoms with Crippen molar-refractivity contribution < 1.29 is 28.8 Å². The molecule has 7 nitrogen and oxygen atoms in total. The van der Waals surface area contributed by atoms with Gasteiger partial charge < -0.3 is 29.4 Å². The molecule has 3 rings (SSSR count). The minimum atomic E-state index is -0.636. The van der Waals surface area contributed by atoms with E-state index in [4.69, 9.17) is 18.9 Å². The van der Waals surface area contributed by atoms with E-state index in [0.717, 1.165) is 22.3 Å². The highest BCUT2D eigenvalue weighted by Crippen LogP contribution is 2.42. The average Bonchev–Trinajstić information content (AvgIpc) is 2.74. The lowest BCUT2D eigenvalue weighted by Crippen LogP contribution is -2.36. The number of ether oxygens (including phenoxy) is 4. The SMILES string of the molecule is COc1cc(NC(=O)C2CCc3c(C)c(O)c(C)c(C)c3O2)cc(OC)c1OC. The van der Waals surface area contributed by atoms with E-state index in [1.165, 1.54) is 21.3 Å². The Morgan fingerprint density at radius 2 is 1.66 bits per heavy atom. The number of hydrogen-bond donors (Lipinski definition) is 2. The van der Waals surface area contributed by atoms with Crippen molar-refractivity contribution >= 4 is 11.6 Å². The molecule has 2 aromatic carbocycles. The van der Waals surface area contributed by atoms with Gasteiger partial charge in [-0.15, -0.1) is 0 Å². The molecule has 2 N–H and O–H groups in total. The van der Waals surface area contributed by atoms with E-state index >= 15 is 0 Å². The van der Waals surface area contributed by atoms with E-state index in [1.54, 1.807) is 12.1 Å². The van der Waals surface area contributed by atoms with E-state index < -0.39 is 6.10 Å². The highest BCUT2D eigenvalue weighted by Gasteiger charge is 2.30. The molecule has 0 spiro atoms. The van der Waals surface area contributed by atoms with Crippen molar-refractivity contribution in [2.24, 2.45) is 0 Å². The number of fused-ring (bicyclic) bond motifs is 1. The third kappa shape index (κ3) is 3.64. The van der Waals surface area contributed by atoms with Crippen LogP contribution in [0.15, 0.2) is 12.1 Å². The molecule has 0 radical (unpaired) electrons. The van der Waals surface area contributed by atoms with Gasteiger partial charge in [-0.05, 0) is 50.3 Å². The minimum absolute atomic E-state index is 0.257. The number of nitrogens with one attached hydrogen (secondary N) is 1. The van der Waals surface area contributed by atoms with E-state index in [2.05, 4.69) is 5.32 Å². The van der Waals surface area contributed by atoms with Crippen LogP contribution in [-0.2, 0) is 11.2 Å². The molecule has 0 aromatic heterocycles. The highest BCUT2D eigenvalue weighted by atomic mass is 16.5. The molecule has 1 unspecified atom stereocenters. The van der Waals surface area contributed by atoms with Gasteiger partial charge in [0.25, 0.3) is 5.91 Å². The number of amides is 1. The summed E-state index contributed by atoms with van der Waals surface area (Å²) in [7, 11) is 4.57. The zero-order valence-corrected chi connectivity index (χ0v) is 17.6. The van der Waals surface area contributed by atoms with Gasteiger partial charge in [0.1, 0.15) is 11.5 Å². The smallest absolute Gasteiger partial charge is 0.265 e. The molecular weight excluding hydrogens is 374 g/mol. The Morgan fingerprint density at radius 1 is 1.03 bits per heavy atom. The van der Waals surface area contributed by atoms with Crippen molar-refractivity contribution in [2.45, 2.75) is 39.7 Å². The number of carbonyl (C=O) groups excluding carboxylic acids is 1. The summed E-state index contributed by atoms with van der Waals surface area (Å²) < 4.78 is 22.0. The standard InChI is InChI=1S/C22H27NO6/c1-11-12(2)20-15(13(3)19(11)24)7-8-16(29-20)22(25)23-14-9-17(26-4)21(28-6)18(10-14)27-5/h9-10,16,24H,7-8H2,1-6H3,(H,23,25). The molecule has 29 heavy (non-hydrogen) atoms. The maximum Gasteiger partial charge on any atom is 0.265 e. The first-order valence-electron chi connectivity index (χ1n) is 9.41. The molecule has 1 amide bonds. The van der Waals surface area contributed by atoms with Crippen molar-refractivity contribution in [3.05, 3.63) is 34.4 Å². The van der Waals surface area contributed by atoms with Gasteiger partial charge in [-0.25, -0.2) is 0 Å². The van der Waals surface area contributed by atoms with Gasteiger partial charge in [0.2, 0.25) is 5.75 Å². The van der Waals surface area contributed by atoms with E-state index in [-0.39, 0.29) is 5.91 Å². The van der Waals surface area contributed by atoms with Gasteiger partial charge in [0, 0.05) is 23.4 Å². The van der Waals surface area contributed by atoms with Crippen LogP contribution >= 0.6 is 0 Å². The van der Waals surface area contributed by atoms with Crippen LogP contribution in [0.4, 0.5) is 5.69 Å². The van der Waals surface area contributed by atoms with Gasteiger partial charge in [0.15, 0.2) is 17.6 Å². The first-order valence-corrected chi connectivity index (χ1v) is 9.41. The summed E-state index contributed by atoms with van der Waals surface area (Å²) in [5, 5.41) is 13.2. The summed E-state index contributed by atoms with van der Waals surface area (Å²) >= 11 is 0. The van der Waals surface area contributed by atoms with Crippen molar-refractivity contribution in [1.29, 1.82) is 0 Å². The summed E-state index contributed by atoms with van der Waals surface area (Å²) in [5.41, 5.74) is 3.92. The Bertz CT molecular complexity index is 928. The van der Waals surface area contributed by atoms with Crippen molar-refractivity contribution in [3.8, 4) is 28.7 Å². The number of benzene rings is 2. The van der Waals surface area contributed by atoms with Crippen molar-refractivity contribution in [2.75, 3.05) is 26.6 Å². The highest BCUT2D eigenvalue weighted by molar-refractivity contribution is 5.95. The lowest BCUT2D eigenvalue weighted by atomic mass is 9.91. The van der Waals surface area contributed by atoms with Gasteiger partial charge in [0.05, 0.1) is 21.3 Å². The van der Waals surface area contributed by atoms with Crippen LogP contribution in [0.2, 0.25) is 0 Å². The number of phenolic OH excluding ortho intramolecular Hbond substituents is 1. The van der Waals surface area contributed by atoms with Gasteiger partial charge >= 0.3 is 0 Å². The molecule has 0 fully saturated rings. The van der Waals surface area contributed by atoms with Crippen molar-refractivity contribution in [1.82, 2.24) is 0 Å². The zero-order valence-electron chi connectivity index (χ0n) is 17.6.